The van der Waals surface area contributed by atoms with Crippen molar-refractivity contribution in [3.8, 4) is 5.75 Å². The van der Waals surface area contributed by atoms with Crippen LogP contribution in [-0.2, 0) is 22.9 Å². The number of fused-ring (bicyclic) bond motifs is 1. The SMILES string of the molecule is COc1ccc(Br)cc1S(=O)(=O)NC(C)c1ccc2c(c1)CCC2. The van der Waals surface area contributed by atoms with Gasteiger partial charge in [-0.2, -0.15) is 0 Å². The normalized spacial score (nSPS) is 15.1. The molecule has 0 aromatic heterocycles. The molecule has 1 atom stereocenters. The van der Waals surface area contributed by atoms with Crippen LogP contribution in [0.1, 0.15) is 36.1 Å². The monoisotopic (exact) mass is 409 g/mol. The number of hydrogen-bond acceptors (Lipinski definition) is 3. The number of rotatable bonds is 5. The Kier molecular flexibility index (Phi) is 4.99. The number of methoxy groups -OCH3 is 1. The van der Waals surface area contributed by atoms with E-state index < -0.39 is 10.0 Å². The Morgan fingerprint density at radius 3 is 2.62 bits per heavy atom. The van der Waals surface area contributed by atoms with Gasteiger partial charge < -0.3 is 4.74 Å². The summed E-state index contributed by atoms with van der Waals surface area (Å²) in [6, 6.07) is 10.9. The molecule has 1 N–H and O–H groups in total. The summed E-state index contributed by atoms with van der Waals surface area (Å²) in [5, 5.41) is 0. The van der Waals surface area contributed by atoms with E-state index in [0.717, 1.165) is 18.4 Å². The lowest BCUT2D eigenvalue weighted by atomic mass is 10.0. The summed E-state index contributed by atoms with van der Waals surface area (Å²) in [5.41, 5.74) is 3.69. The van der Waals surface area contributed by atoms with E-state index in [1.54, 1.807) is 18.2 Å². The Morgan fingerprint density at radius 2 is 1.88 bits per heavy atom. The number of ether oxygens (including phenoxy) is 1. The summed E-state index contributed by atoms with van der Waals surface area (Å²) >= 11 is 3.32. The fourth-order valence-electron chi connectivity index (χ4n) is 3.09. The molecular formula is C18H20BrNO3S. The van der Waals surface area contributed by atoms with Gasteiger partial charge in [0.05, 0.1) is 7.11 Å². The predicted molar refractivity (Wildman–Crippen MR) is 97.9 cm³/mol. The standard InChI is InChI=1S/C18H20BrNO3S/c1-12(14-7-6-13-4-3-5-15(13)10-14)20-24(21,22)18-11-16(19)8-9-17(18)23-2/h6-12,20H,3-5H2,1-2H3. The lowest BCUT2D eigenvalue weighted by Crippen LogP contribution is -2.27. The van der Waals surface area contributed by atoms with Gasteiger partial charge in [-0.05, 0) is 61.1 Å². The van der Waals surface area contributed by atoms with Crippen molar-refractivity contribution < 1.29 is 13.2 Å². The van der Waals surface area contributed by atoms with Gasteiger partial charge in [0.15, 0.2) is 0 Å². The molecule has 0 amide bonds. The van der Waals surface area contributed by atoms with Crippen LogP contribution in [0.5, 0.6) is 5.75 Å². The van der Waals surface area contributed by atoms with Gasteiger partial charge in [-0.3, -0.25) is 0 Å². The largest absolute Gasteiger partial charge is 0.495 e. The molecule has 3 rings (SSSR count). The highest BCUT2D eigenvalue weighted by Gasteiger charge is 2.23. The first-order valence-electron chi connectivity index (χ1n) is 7.88. The van der Waals surface area contributed by atoms with Gasteiger partial charge in [0.1, 0.15) is 10.6 Å². The lowest BCUT2D eigenvalue weighted by molar-refractivity contribution is 0.402. The first-order chi connectivity index (χ1) is 11.4. The minimum atomic E-state index is -3.69. The summed E-state index contributed by atoms with van der Waals surface area (Å²) in [6.07, 6.45) is 3.36. The molecule has 0 heterocycles. The van der Waals surface area contributed by atoms with Gasteiger partial charge in [-0.15, -0.1) is 0 Å². The van der Waals surface area contributed by atoms with Gasteiger partial charge in [-0.25, -0.2) is 13.1 Å². The van der Waals surface area contributed by atoms with E-state index in [4.69, 9.17) is 4.74 Å². The summed E-state index contributed by atoms with van der Waals surface area (Å²) in [7, 11) is -2.23. The molecule has 0 aliphatic heterocycles. The highest BCUT2D eigenvalue weighted by molar-refractivity contribution is 9.10. The van der Waals surface area contributed by atoms with Gasteiger partial charge in [0, 0.05) is 10.5 Å². The molecular weight excluding hydrogens is 390 g/mol. The van der Waals surface area contributed by atoms with Gasteiger partial charge >= 0.3 is 0 Å². The highest BCUT2D eigenvalue weighted by atomic mass is 79.9. The van der Waals surface area contributed by atoms with Crippen molar-refractivity contribution in [3.63, 3.8) is 0 Å². The average molecular weight is 410 g/mol. The first-order valence-corrected chi connectivity index (χ1v) is 10.2. The number of benzene rings is 2. The minimum Gasteiger partial charge on any atom is -0.495 e. The second-order valence-corrected chi connectivity index (χ2v) is 8.62. The molecule has 1 aliphatic rings. The maximum Gasteiger partial charge on any atom is 0.244 e. The number of hydrogen-bond donors (Lipinski definition) is 1. The number of sulfonamides is 1. The summed E-state index contributed by atoms with van der Waals surface area (Å²) in [6.45, 7) is 1.86. The van der Waals surface area contributed by atoms with Crippen LogP contribution in [0.15, 0.2) is 45.8 Å². The van der Waals surface area contributed by atoms with Crippen LogP contribution in [0.4, 0.5) is 0 Å². The van der Waals surface area contributed by atoms with Crippen molar-refractivity contribution in [1.82, 2.24) is 4.72 Å². The molecule has 128 valence electrons. The zero-order chi connectivity index (χ0) is 17.3. The fourth-order valence-corrected chi connectivity index (χ4v) is 5.03. The van der Waals surface area contributed by atoms with E-state index >= 15 is 0 Å². The van der Waals surface area contributed by atoms with Gasteiger partial charge in [-0.1, -0.05) is 34.1 Å². The van der Waals surface area contributed by atoms with Crippen molar-refractivity contribution in [2.75, 3.05) is 7.11 Å². The fraction of sp³-hybridized carbons (Fsp3) is 0.333. The van der Waals surface area contributed by atoms with Crippen molar-refractivity contribution in [3.05, 3.63) is 57.6 Å². The summed E-state index contributed by atoms with van der Waals surface area (Å²) < 4.78 is 34.2. The molecule has 6 heteroatoms. The zero-order valence-electron chi connectivity index (χ0n) is 13.7. The molecule has 0 saturated heterocycles. The van der Waals surface area contributed by atoms with Crippen LogP contribution >= 0.6 is 15.9 Å². The van der Waals surface area contributed by atoms with E-state index in [1.807, 2.05) is 13.0 Å². The molecule has 0 saturated carbocycles. The predicted octanol–water partition coefficient (Wildman–Crippen LogP) is 3.99. The Hall–Kier alpha value is -1.37. The van der Waals surface area contributed by atoms with E-state index in [0.29, 0.717) is 10.2 Å². The molecule has 0 bridgehead atoms. The van der Waals surface area contributed by atoms with E-state index in [2.05, 4.69) is 32.8 Å². The summed E-state index contributed by atoms with van der Waals surface area (Å²) in [5.74, 6) is 0.326. The zero-order valence-corrected chi connectivity index (χ0v) is 16.1. The van der Waals surface area contributed by atoms with Crippen LogP contribution in [0.3, 0.4) is 0 Å². The van der Waals surface area contributed by atoms with E-state index in [1.165, 1.54) is 24.7 Å². The quantitative estimate of drug-likeness (QED) is 0.811. The molecule has 4 nitrogen and oxygen atoms in total. The maximum atomic E-state index is 12.8. The third kappa shape index (κ3) is 3.50. The van der Waals surface area contributed by atoms with Crippen LogP contribution in [0, 0.1) is 0 Å². The second-order valence-electron chi connectivity index (χ2n) is 6.02. The van der Waals surface area contributed by atoms with E-state index in [9.17, 15) is 8.42 Å². The van der Waals surface area contributed by atoms with Crippen molar-refractivity contribution in [1.29, 1.82) is 0 Å². The number of aryl methyl sites for hydroxylation is 2. The van der Waals surface area contributed by atoms with E-state index in [-0.39, 0.29) is 10.9 Å². The number of halogens is 1. The topological polar surface area (TPSA) is 55.4 Å². The first kappa shape index (κ1) is 17.5. The van der Waals surface area contributed by atoms with Crippen LogP contribution in [0.25, 0.3) is 0 Å². The molecule has 24 heavy (non-hydrogen) atoms. The molecule has 0 radical (unpaired) electrons. The second kappa shape index (κ2) is 6.86. The average Bonchev–Trinajstić information content (AvgIpc) is 3.02. The Bertz CT molecular complexity index is 865. The molecule has 2 aromatic carbocycles. The third-order valence-electron chi connectivity index (χ3n) is 4.37. The Balaban J connectivity index is 1.88. The molecule has 0 spiro atoms. The molecule has 2 aromatic rings. The smallest absolute Gasteiger partial charge is 0.244 e. The van der Waals surface area contributed by atoms with Crippen molar-refractivity contribution in [2.24, 2.45) is 0 Å². The van der Waals surface area contributed by atoms with Gasteiger partial charge in [0.2, 0.25) is 10.0 Å². The van der Waals surface area contributed by atoms with Crippen molar-refractivity contribution in [2.45, 2.75) is 37.1 Å². The van der Waals surface area contributed by atoms with Crippen LogP contribution < -0.4 is 9.46 Å². The van der Waals surface area contributed by atoms with Crippen LogP contribution in [-0.4, -0.2) is 15.5 Å². The Morgan fingerprint density at radius 1 is 1.12 bits per heavy atom. The van der Waals surface area contributed by atoms with Crippen LogP contribution in [0.2, 0.25) is 0 Å². The Labute approximate surface area is 151 Å². The third-order valence-corrected chi connectivity index (χ3v) is 6.42. The molecule has 1 unspecified atom stereocenters. The molecule has 0 fully saturated rings. The number of nitrogens with one attached hydrogen (secondary N) is 1. The summed E-state index contributed by atoms with van der Waals surface area (Å²) in [4.78, 5) is 0.132. The lowest BCUT2D eigenvalue weighted by Gasteiger charge is -2.17. The van der Waals surface area contributed by atoms with Crippen molar-refractivity contribution >= 4 is 26.0 Å². The minimum absolute atomic E-state index is 0.132. The molecule has 1 aliphatic carbocycles. The maximum absolute atomic E-state index is 12.8. The highest BCUT2D eigenvalue weighted by Crippen LogP contribution is 2.30. The van der Waals surface area contributed by atoms with Gasteiger partial charge in [0.25, 0.3) is 0 Å².